The first kappa shape index (κ1) is 23.1. The third-order valence-corrected chi connectivity index (χ3v) is 5.87. The highest BCUT2D eigenvalue weighted by Crippen LogP contribution is 2.34. The second-order valence-electron chi connectivity index (χ2n) is 7.63. The topological polar surface area (TPSA) is 87.2 Å². The molecule has 0 aliphatic carbocycles. The lowest BCUT2D eigenvalue weighted by Crippen LogP contribution is -2.60. The Hall–Kier alpha value is -2.56. The lowest BCUT2D eigenvalue weighted by molar-refractivity contribution is 0.00490. The maximum absolute atomic E-state index is 13.6. The summed E-state index contributed by atoms with van der Waals surface area (Å²) in [5, 5.41) is 9.54. The average Bonchev–Trinajstić information content (AvgIpc) is 2.69. The van der Waals surface area contributed by atoms with Gasteiger partial charge in [-0.3, -0.25) is 9.08 Å². The highest BCUT2D eigenvalue weighted by molar-refractivity contribution is 7.85. The van der Waals surface area contributed by atoms with E-state index in [1.165, 1.54) is 29.2 Å². The van der Waals surface area contributed by atoms with E-state index in [0.29, 0.717) is 11.1 Å². The van der Waals surface area contributed by atoms with Crippen LogP contribution in [0.1, 0.15) is 24.1 Å². The zero-order valence-corrected chi connectivity index (χ0v) is 17.9. The van der Waals surface area contributed by atoms with Crippen LogP contribution in [0, 0.1) is 11.6 Å². The van der Waals surface area contributed by atoms with Gasteiger partial charge in [0.15, 0.2) is 0 Å². The summed E-state index contributed by atoms with van der Waals surface area (Å²) in [7, 11) is -3.76. The van der Waals surface area contributed by atoms with Crippen LogP contribution in [0.25, 0.3) is 0 Å². The Kier molecular flexibility index (Phi) is 6.93. The van der Waals surface area contributed by atoms with Crippen LogP contribution in [0.3, 0.4) is 0 Å². The summed E-state index contributed by atoms with van der Waals surface area (Å²) >= 11 is 0. The standard InChI is InChI=1S/C21H24F2N2O5S/c1-14-11-25(19(12-24(14)21(26)27)13-30-31(2,28)29)20(15-3-7-17(22)8-4-15)16-5-9-18(23)10-6-16/h3-10,14,19-20H,11-13H2,1-2H3,(H,26,27)/t14-,19-/m0/s1. The fraction of sp³-hybridized carbons (Fsp3) is 0.381. The Bertz CT molecular complexity index is 970. The summed E-state index contributed by atoms with van der Waals surface area (Å²) in [6.07, 6.45) is -0.188. The molecule has 0 saturated carbocycles. The van der Waals surface area contributed by atoms with Gasteiger partial charge in [-0.05, 0) is 42.3 Å². The van der Waals surface area contributed by atoms with Crippen molar-refractivity contribution in [2.75, 3.05) is 26.0 Å². The van der Waals surface area contributed by atoms with Gasteiger partial charge in [0, 0.05) is 19.1 Å². The quantitative estimate of drug-likeness (QED) is 0.675. The van der Waals surface area contributed by atoms with Crippen molar-refractivity contribution in [3.63, 3.8) is 0 Å². The third-order valence-electron chi connectivity index (χ3n) is 5.31. The SMILES string of the molecule is C[C@H]1CN(C(c2ccc(F)cc2)c2ccc(F)cc2)[C@H](COS(C)(=O)=O)CN1C(=O)O. The lowest BCUT2D eigenvalue weighted by Gasteiger charge is -2.47. The predicted octanol–water partition coefficient (Wildman–Crippen LogP) is 3.08. The molecule has 0 unspecified atom stereocenters. The maximum Gasteiger partial charge on any atom is 0.407 e. The lowest BCUT2D eigenvalue weighted by atomic mass is 9.93. The Morgan fingerprint density at radius 1 is 1.06 bits per heavy atom. The van der Waals surface area contributed by atoms with E-state index in [0.717, 1.165) is 6.26 Å². The number of hydrogen-bond acceptors (Lipinski definition) is 5. The van der Waals surface area contributed by atoms with E-state index in [9.17, 15) is 27.1 Å². The molecule has 1 N–H and O–H groups in total. The minimum atomic E-state index is -3.76. The monoisotopic (exact) mass is 454 g/mol. The number of benzene rings is 2. The molecular formula is C21H24F2N2O5S. The fourth-order valence-corrected chi connectivity index (χ4v) is 4.27. The van der Waals surface area contributed by atoms with Crippen LogP contribution >= 0.6 is 0 Å². The number of nitrogens with zero attached hydrogens (tertiary/aromatic N) is 2. The van der Waals surface area contributed by atoms with Crippen molar-refractivity contribution in [3.05, 3.63) is 71.3 Å². The molecular weight excluding hydrogens is 430 g/mol. The van der Waals surface area contributed by atoms with Crippen molar-refractivity contribution in [1.29, 1.82) is 0 Å². The first-order valence-corrected chi connectivity index (χ1v) is 11.5. The molecule has 168 valence electrons. The van der Waals surface area contributed by atoms with Crippen LogP contribution in [-0.4, -0.2) is 67.5 Å². The normalized spacial score (nSPS) is 20.2. The first-order chi connectivity index (χ1) is 14.5. The van der Waals surface area contributed by atoms with E-state index >= 15 is 0 Å². The molecule has 1 amide bonds. The molecule has 0 radical (unpaired) electrons. The zero-order chi connectivity index (χ0) is 22.8. The molecule has 2 atom stereocenters. The van der Waals surface area contributed by atoms with Crippen LogP contribution in [0.15, 0.2) is 48.5 Å². The molecule has 1 heterocycles. The van der Waals surface area contributed by atoms with Gasteiger partial charge in [0.25, 0.3) is 10.1 Å². The molecule has 3 rings (SSSR count). The number of rotatable bonds is 6. The molecule has 2 aromatic carbocycles. The van der Waals surface area contributed by atoms with Gasteiger partial charge in [0.1, 0.15) is 11.6 Å². The van der Waals surface area contributed by atoms with Gasteiger partial charge in [-0.15, -0.1) is 0 Å². The summed E-state index contributed by atoms with van der Waals surface area (Å²) in [6, 6.07) is 10.2. The molecule has 1 aliphatic heterocycles. The summed E-state index contributed by atoms with van der Waals surface area (Å²) in [5.74, 6) is -0.828. The molecule has 1 fully saturated rings. The predicted molar refractivity (Wildman–Crippen MR) is 110 cm³/mol. The van der Waals surface area contributed by atoms with Crippen molar-refractivity contribution >= 4 is 16.2 Å². The van der Waals surface area contributed by atoms with Gasteiger partial charge in [0.2, 0.25) is 0 Å². The maximum atomic E-state index is 13.6. The number of carboxylic acid groups (broad SMARTS) is 1. The van der Waals surface area contributed by atoms with Gasteiger partial charge in [0.05, 0.1) is 24.9 Å². The zero-order valence-electron chi connectivity index (χ0n) is 17.1. The third kappa shape index (κ3) is 5.78. The van der Waals surface area contributed by atoms with Gasteiger partial charge < -0.3 is 10.0 Å². The number of halogens is 2. The van der Waals surface area contributed by atoms with E-state index in [-0.39, 0.29) is 19.7 Å². The number of piperazine rings is 1. The van der Waals surface area contributed by atoms with Gasteiger partial charge in [-0.1, -0.05) is 24.3 Å². The van der Waals surface area contributed by atoms with Crippen LogP contribution < -0.4 is 0 Å². The Balaban J connectivity index is 2.04. The van der Waals surface area contributed by atoms with E-state index in [1.54, 1.807) is 31.2 Å². The van der Waals surface area contributed by atoms with Crippen LogP contribution in [-0.2, 0) is 14.3 Å². The van der Waals surface area contributed by atoms with Crippen molar-refractivity contribution in [3.8, 4) is 0 Å². The van der Waals surface area contributed by atoms with Crippen molar-refractivity contribution in [2.45, 2.75) is 25.0 Å². The molecule has 2 aromatic rings. The summed E-state index contributed by atoms with van der Waals surface area (Å²) < 4.78 is 55.3. The second kappa shape index (κ2) is 9.29. The van der Waals surface area contributed by atoms with Crippen molar-refractivity contribution in [2.24, 2.45) is 0 Å². The second-order valence-corrected chi connectivity index (χ2v) is 9.27. The number of amides is 1. The molecule has 0 aromatic heterocycles. The molecule has 10 heteroatoms. The van der Waals surface area contributed by atoms with E-state index in [4.69, 9.17) is 4.18 Å². The molecule has 7 nitrogen and oxygen atoms in total. The first-order valence-electron chi connectivity index (χ1n) is 9.66. The molecule has 1 saturated heterocycles. The average molecular weight is 454 g/mol. The summed E-state index contributed by atoms with van der Waals surface area (Å²) in [5.41, 5.74) is 1.40. The van der Waals surface area contributed by atoms with Crippen LogP contribution in [0.4, 0.5) is 13.6 Å². The highest BCUT2D eigenvalue weighted by atomic mass is 32.2. The number of hydrogen-bond donors (Lipinski definition) is 1. The Labute approximate surface area is 180 Å². The van der Waals surface area contributed by atoms with Crippen LogP contribution in [0.2, 0.25) is 0 Å². The summed E-state index contributed by atoms with van der Waals surface area (Å²) in [6.45, 7) is 1.78. The smallest absolute Gasteiger partial charge is 0.407 e. The summed E-state index contributed by atoms with van der Waals surface area (Å²) in [4.78, 5) is 14.8. The Morgan fingerprint density at radius 3 is 1.97 bits per heavy atom. The fourth-order valence-electron chi connectivity index (χ4n) is 3.86. The van der Waals surface area contributed by atoms with Gasteiger partial charge in [-0.25, -0.2) is 13.6 Å². The number of carbonyl (C=O) groups is 1. The highest BCUT2D eigenvalue weighted by Gasteiger charge is 2.39. The molecule has 0 bridgehead atoms. The van der Waals surface area contributed by atoms with E-state index in [2.05, 4.69) is 0 Å². The van der Waals surface area contributed by atoms with Gasteiger partial charge >= 0.3 is 6.09 Å². The largest absolute Gasteiger partial charge is 0.465 e. The van der Waals surface area contributed by atoms with E-state index in [1.807, 2.05) is 4.90 Å². The minimum Gasteiger partial charge on any atom is -0.465 e. The molecule has 1 aliphatic rings. The van der Waals surface area contributed by atoms with Gasteiger partial charge in [-0.2, -0.15) is 8.42 Å². The molecule has 31 heavy (non-hydrogen) atoms. The van der Waals surface area contributed by atoms with Crippen molar-refractivity contribution in [1.82, 2.24) is 9.80 Å². The van der Waals surface area contributed by atoms with E-state index < -0.39 is 46.0 Å². The Morgan fingerprint density at radius 2 is 1.55 bits per heavy atom. The van der Waals surface area contributed by atoms with Crippen molar-refractivity contribution < 1.29 is 31.3 Å². The van der Waals surface area contributed by atoms with Crippen LogP contribution in [0.5, 0.6) is 0 Å². The minimum absolute atomic E-state index is 0.0188. The molecule has 0 spiro atoms.